The van der Waals surface area contributed by atoms with Crippen molar-refractivity contribution in [3.8, 4) is 0 Å². The molecule has 1 amide bonds. The van der Waals surface area contributed by atoms with Gasteiger partial charge >= 0.3 is 0 Å². The Balaban J connectivity index is 1.36. The van der Waals surface area contributed by atoms with Crippen LogP contribution in [-0.4, -0.2) is 28.5 Å². The van der Waals surface area contributed by atoms with Gasteiger partial charge in [-0.2, -0.15) is 0 Å². The van der Waals surface area contributed by atoms with E-state index >= 15 is 0 Å². The number of aromatic nitrogens is 2. The summed E-state index contributed by atoms with van der Waals surface area (Å²) in [5.74, 6) is 0.816. The van der Waals surface area contributed by atoms with Crippen LogP contribution in [0.2, 0.25) is 0 Å². The molecule has 1 aliphatic carbocycles. The van der Waals surface area contributed by atoms with E-state index in [-0.39, 0.29) is 11.9 Å². The van der Waals surface area contributed by atoms with Gasteiger partial charge in [0.1, 0.15) is 0 Å². The standard InChI is InChI=1S/C19H24N4OS/c24-19-17(8-4-10-23(19)15-7-3-9-20-11-15)21-12-16-13-22-18(25-16)14-5-1-2-6-14/h3,7,9,11,13-14,17,21H,1-2,4-6,8,10,12H2/t17-/m0/s1. The second-order valence-electron chi connectivity index (χ2n) is 6.92. The average molecular weight is 356 g/mol. The molecule has 0 spiro atoms. The third kappa shape index (κ3) is 3.75. The lowest BCUT2D eigenvalue weighted by molar-refractivity contribution is -0.121. The highest BCUT2D eigenvalue weighted by molar-refractivity contribution is 7.11. The number of hydrogen-bond acceptors (Lipinski definition) is 5. The molecule has 1 saturated heterocycles. The smallest absolute Gasteiger partial charge is 0.244 e. The lowest BCUT2D eigenvalue weighted by atomic mass is 10.0. The number of hydrogen-bond donors (Lipinski definition) is 1. The molecule has 2 aromatic rings. The van der Waals surface area contributed by atoms with Crippen LogP contribution in [0.15, 0.2) is 30.7 Å². The zero-order valence-electron chi connectivity index (χ0n) is 14.4. The Morgan fingerprint density at radius 2 is 2.08 bits per heavy atom. The molecule has 2 aromatic heterocycles. The van der Waals surface area contributed by atoms with Crippen LogP contribution in [0.5, 0.6) is 0 Å². The lowest BCUT2D eigenvalue weighted by Crippen LogP contribution is -2.50. The van der Waals surface area contributed by atoms with Gasteiger partial charge in [0.15, 0.2) is 0 Å². The molecule has 1 atom stereocenters. The van der Waals surface area contributed by atoms with Gasteiger partial charge < -0.3 is 10.2 Å². The van der Waals surface area contributed by atoms with Gasteiger partial charge in [-0.05, 0) is 37.8 Å². The van der Waals surface area contributed by atoms with Gasteiger partial charge in [0.05, 0.1) is 22.9 Å². The molecular weight excluding hydrogens is 332 g/mol. The normalized spacial score (nSPS) is 21.8. The summed E-state index contributed by atoms with van der Waals surface area (Å²) in [5, 5.41) is 4.73. The highest BCUT2D eigenvalue weighted by Crippen LogP contribution is 2.36. The summed E-state index contributed by atoms with van der Waals surface area (Å²) in [5.41, 5.74) is 0.889. The quantitative estimate of drug-likeness (QED) is 0.891. The number of carbonyl (C=O) groups is 1. The van der Waals surface area contributed by atoms with Crippen LogP contribution in [0, 0.1) is 0 Å². The largest absolute Gasteiger partial charge is 0.310 e. The Morgan fingerprint density at radius 1 is 1.20 bits per heavy atom. The van der Waals surface area contributed by atoms with Crippen LogP contribution >= 0.6 is 11.3 Å². The minimum absolute atomic E-state index is 0.119. The van der Waals surface area contributed by atoms with Crippen molar-refractivity contribution in [3.63, 3.8) is 0 Å². The van der Waals surface area contributed by atoms with Crippen LogP contribution < -0.4 is 10.2 Å². The molecule has 5 nitrogen and oxygen atoms in total. The first-order valence-electron chi connectivity index (χ1n) is 9.20. The van der Waals surface area contributed by atoms with Gasteiger partial charge in [-0.1, -0.05) is 12.8 Å². The molecule has 6 heteroatoms. The zero-order chi connectivity index (χ0) is 17.1. The fourth-order valence-corrected chi connectivity index (χ4v) is 4.86. The first kappa shape index (κ1) is 16.7. The highest BCUT2D eigenvalue weighted by atomic mass is 32.1. The molecule has 0 bridgehead atoms. The molecule has 25 heavy (non-hydrogen) atoms. The van der Waals surface area contributed by atoms with Gasteiger partial charge in [0.25, 0.3) is 0 Å². The van der Waals surface area contributed by atoms with E-state index < -0.39 is 0 Å². The Kier molecular flexibility index (Phi) is 5.08. The number of rotatable bonds is 5. The van der Waals surface area contributed by atoms with E-state index in [1.54, 1.807) is 12.4 Å². The fourth-order valence-electron chi connectivity index (χ4n) is 3.82. The Morgan fingerprint density at radius 3 is 2.88 bits per heavy atom. The van der Waals surface area contributed by atoms with Gasteiger partial charge in [-0.25, -0.2) is 4.98 Å². The maximum Gasteiger partial charge on any atom is 0.244 e. The van der Waals surface area contributed by atoms with Crippen molar-refractivity contribution in [1.82, 2.24) is 15.3 Å². The Bertz CT molecular complexity index is 711. The second-order valence-corrected chi connectivity index (χ2v) is 8.07. The first-order valence-corrected chi connectivity index (χ1v) is 10.0. The van der Waals surface area contributed by atoms with Crippen LogP contribution in [0.3, 0.4) is 0 Å². The third-order valence-corrected chi connectivity index (χ3v) is 6.35. The van der Waals surface area contributed by atoms with Crippen molar-refractivity contribution >= 4 is 22.9 Å². The van der Waals surface area contributed by atoms with Crippen LogP contribution in [0.1, 0.15) is 54.3 Å². The molecule has 0 unspecified atom stereocenters. The molecular formula is C19H24N4OS. The Hall–Kier alpha value is -1.79. The van der Waals surface area contributed by atoms with E-state index in [2.05, 4.69) is 15.3 Å². The van der Waals surface area contributed by atoms with Gasteiger partial charge in [-0.15, -0.1) is 11.3 Å². The van der Waals surface area contributed by atoms with E-state index in [0.717, 1.165) is 31.6 Å². The van der Waals surface area contributed by atoms with Crippen LogP contribution in [-0.2, 0) is 11.3 Å². The SMILES string of the molecule is O=C1[C@@H](NCc2cnc(C3CCCC3)s2)CCCN1c1cccnc1. The molecule has 0 radical (unpaired) electrons. The lowest BCUT2D eigenvalue weighted by Gasteiger charge is -2.32. The van der Waals surface area contributed by atoms with Gasteiger partial charge in [0, 0.05) is 36.3 Å². The van der Waals surface area contributed by atoms with E-state index in [0.29, 0.717) is 5.92 Å². The molecule has 0 aromatic carbocycles. The average Bonchev–Trinajstić information content (AvgIpc) is 3.33. The minimum atomic E-state index is -0.119. The molecule has 132 valence electrons. The summed E-state index contributed by atoms with van der Waals surface area (Å²) in [4.78, 5) is 24.6. The van der Waals surface area contributed by atoms with Crippen molar-refractivity contribution in [1.29, 1.82) is 0 Å². The summed E-state index contributed by atoms with van der Waals surface area (Å²) in [7, 11) is 0. The number of nitrogens with zero attached hydrogens (tertiary/aromatic N) is 3. The van der Waals surface area contributed by atoms with Gasteiger partial charge in [0.2, 0.25) is 5.91 Å². The molecule has 1 aliphatic heterocycles. The molecule has 4 rings (SSSR count). The third-order valence-electron chi connectivity index (χ3n) is 5.19. The van der Waals surface area contributed by atoms with Crippen molar-refractivity contribution in [2.24, 2.45) is 0 Å². The van der Waals surface area contributed by atoms with Crippen molar-refractivity contribution in [3.05, 3.63) is 40.6 Å². The van der Waals surface area contributed by atoms with Crippen molar-refractivity contribution < 1.29 is 4.79 Å². The van der Waals surface area contributed by atoms with E-state index in [4.69, 9.17) is 0 Å². The number of nitrogens with one attached hydrogen (secondary N) is 1. The zero-order valence-corrected chi connectivity index (χ0v) is 15.2. The minimum Gasteiger partial charge on any atom is -0.310 e. The van der Waals surface area contributed by atoms with E-state index in [9.17, 15) is 4.79 Å². The predicted molar refractivity (Wildman–Crippen MR) is 99.8 cm³/mol. The van der Waals surface area contributed by atoms with Crippen LogP contribution in [0.4, 0.5) is 5.69 Å². The molecule has 2 fully saturated rings. The fraction of sp³-hybridized carbons (Fsp3) is 0.526. The number of anilines is 1. The summed E-state index contributed by atoms with van der Waals surface area (Å²) >= 11 is 1.81. The van der Waals surface area contributed by atoms with Crippen molar-refractivity contribution in [2.45, 2.75) is 57.0 Å². The topological polar surface area (TPSA) is 58.1 Å². The molecule has 1 N–H and O–H groups in total. The van der Waals surface area contributed by atoms with Crippen molar-refractivity contribution in [2.75, 3.05) is 11.4 Å². The Labute approximate surface area is 152 Å². The maximum absolute atomic E-state index is 12.8. The molecule has 3 heterocycles. The summed E-state index contributed by atoms with van der Waals surface area (Å²) < 4.78 is 0. The first-order chi connectivity index (χ1) is 12.3. The monoisotopic (exact) mass is 356 g/mol. The van der Waals surface area contributed by atoms with Crippen LogP contribution in [0.25, 0.3) is 0 Å². The highest BCUT2D eigenvalue weighted by Gasteiger charge is 2.29. The number of pyridine rings is 1. The molecule has 1 saturated carbocycles. The predicted octanol–water partition coefficient (Wildman–Crippen LogP) is 3.48. The summed E-state index contributed by atoms with van der Waals surface area (Å²) in [6.07, 6.45) is 12.6. The summed E-state index contributed by atoms with van der Waals surface area (Å²) in [6, 6.07) is 3.71. The van der Waals surface area contributed by atoms with E-state index in [1.165, 1.54) is 35.6 Å². The number of carbonyl (C=O) groups excluding carboxylic acids is 1. The summed E-state index contributed by atoms with van der Waals surface area (Å²) in [6.45, 7) is 1.50. The number of thiazole rings is 1. The van der Waals surface area contributed by atoms with E-state index in [1.807, 2.05) is 34.6 Å². The molecule has 2 aliphatic rings. The maximum atomic E-state index is 12.8. The second kappa shape index (κ2) is 7.62. The van der Waals surface area contributed by atoms with Gasteiger partial charge in [-0.3, -0.25) is 9.78 Å². The number of piperidine rings is 1. The number of amides is 1.